The molecule has 1 aliphatic rings. The van der Waals surface area contributed by atoms with Crippen molar-refractivity contribution in [2.45, 2.75) is 25.6 Å². The molecule has 1 unspecified atom stereocenters. The minimum atomic E-state index is -0.347. The highest BCUT2D eigenvalue weighted by Crippen LogP contribution is 2.31. The lowest BCUT2D eigenvalue weighted by Crippen LogP contribution is -2.28. The first-order chi connectivity index (χ1) is 16.6. The fourth-order valence-corrected chi connectivity index (χ4v) is 3.72. The van der Waals surface area contributed by atoms with E-state index in [4.69, 9.17) is 14.2 Å². The number of carbonyl (C=O) groups is 1. The van der Waals surface area contributed by atoms with Crippen molar-refractivity contribution in [1.29, 1.82) is 0 Å². The minimum absolute atomic E-state index is 0.0105. The Morgan fingerprint density at radius 2 is 2.03 bits per heavy atom. The second-order valence-electron chi connectivity index (χ2n) is 8.03. The van der Waals surface area contributed by atoms with Crippen LogP contribution in [-0.4, -0.2) is 42.2 Å². The average Bonchev–Trinajstić information content (AvgIpc) is 3.37. The van der Waals surface area contributed by atoms with E-state index in [2.05, 4.69) is 4.98 Å². The highest BCUT2D eigenvalue weighted by molar-refractivity contribution is 5.91. The molecule has 0 bridgehead atoms. The third-order valence-corrected chi connectivity index (χ3v) is 5.46. The Kier molecular flexibility index (Phi) is 7.88. The van der Waals surface area contributed by atoms with Crippen molar-refractivity contribution in [1.82, 2.24) is 9.88 Å². The van der Waals surface area contributed by atoms with Crippen molar-refractivity contribution in [3.05, 3.63) is 95.6 Å². The number of ether oxygens (including phenoxy) is 3. The van der Waals surface area contributed by atoms with Crippen LogP contribution < -0.4 is 9.47 Å². The number of rotatable bonds is 9. The number of hydrogen-bond donors (Lipinski definition) is 0. The van der Waals surface area contributed by atoms with Crippen LogP contribution in [0, 0.1) is 5.82 Å². The van der Waals surface area contributed by atoms with Gasteiger partial charge >= 0.3 is 0 Å². The monoisotopic (exact) mass is 462 g/mol. The number of benzene rings is 2. The molecule has 0 radical (unpaired) electrons. The highest BCUT2D eigenvalue weighted by atomic mass is 19.1. The molecule has 1 atom stereocenters. The number of amides is 1. The summed E-state index contributed by atoms with van der Waals surface area (Å²) in [6.07, 6.45) is 7.35. The van der Waals surface area contributed by atoms with Crippen molar-refractivity contribution < 1.29 is 23.4 Å². The molecule has 4 rings (SSSR count). The van der Waals surface area contributed by atoms with Crippen LogP contribution in [0.15, 0.2) is 73.1 Å². The summed E-state index contributed by atoms with van der Waals surface area (Å²) in [7, 11) is 1.59. The Labute approximate surface area is 198 Å². The van der Waals surface area contributed by atoms with E-state index >= 15 is 0 Å². The van der Waals surface area contributed by atoms with Crippen molar-refractivity contribution in [3.63, 3.8) is 0 Å². The zero-order chi connectivity index (χ0) is 23.8. The predicted molar refractivity (Wildman–Crippen MR) is 127 cm³/mol. The molecule has 1 saturated heterocycles. The molecule has 6 nitrogen and oxygen atoms in total. The first-order valence-corrected chi connectivity index (χ1v) is 11.1. The molecule has 1 amide bonds. The molecule has 1 aliphatic heterocycles. The largest absolute Gasteiger partial charge is 0.493 e. The number of pyridine rings is 1. The van der Waals surface area contributed by atoms with Crippen molar-refractivity contribution in [2.75, 3.05) is 20.3 Å². The van der Waals surface area contributed by atoms with E-state index in [-0.39, 0.29) is 17.8 Å². The smallest absolute Gasteiger partial charge is 0.247 e. The van der Waals surface area contributed by atoms with Gasteiger partial charge < -0.3 is 19.1 Å². The summed E-state index contributed by atoms with van der Waals surface area (Å²) in [4.78, 5) is 19.0. The van der Waals surface area contributed by atoms with Gasteiger partial charge in [-0.15, -0.1) is 0 Å². The number of nitrogens with zero attached hydrogens (tertiary/aromatic N) is 2. The van der Waals surface area contributed by atoms with E-state index in [0.717, 1.165) is 17.5 Å². The summed E-state index contributed by atoms with van der Waals surface area (Å²) in [5.74, 6) is 0.710. The number of methoxy groups -OCH3 is 1. The maximum absolute atomic E-state index is 13.5. The average molecular weight is 463 g/mol. The van der Waals surface area contributed by atoms with Crippen molar-refractivity contribution in [3.8, 4) is 11.5 Å². The van der Waals surface area contributed by atoms with Gasteiger partial charge in [0.15, 0.2) is 11.5 Å². The molecule has 1 fully saturated rings. The third-order valence-electron chi connectivity index (χ3n) is 5.46. The van der Waals surface area contributed by atoms with Crippen LogP contribution in [-0.2, 0) is 22.6 Å². The summed E-state index contributed by atoms with van der Waals surface area (Å²) < 4.78 is 30.4. The molecule has 3 aromatic rings. The molecule has 2 heterocycles. The lowest BCUT2D eigenvalue weighted by Gasteiger charge is -2.22. The quantitative estimate of drug-likeness (QED) is 0.434. The Morgan fingerprint density at radius 1 is 1.15 bits per heavy atom. The van der Waals surface area contributed by atoms with Gasteiger partial charge in [-0.2, -0.15) is 0 Å². The normalized spacial score (nSPS) is 15.4. The zero-order valence-corrected chi connectivity index (χ0v) is 19.0. The first-order valence-electron chi connectivity index (χ1n) is 11.1. The lowest BCUT2D eigenvalue weighted by molar-refractivity contribution is -0.127. The maximum Gasteiger partial charge on any atom is 0.247 e. The predicted octanol–water partition coefficient (Wildman–Crippen LogP) is 4.64. The fourth-order valence-electron chi connectivity index (χ4n) is 3.72. The topological polar surface area (TPSA) is 60.9 Å². The highest BCUT2D eigenvalue weighted by Gasteiger charge is 2.20. The van der Waals surface area contributed by atoms with Crippen LogP contribution in [0.1, 0.15) is 23.1 Å². The van der Waals surface area contributed by atoms with Gasteiger partial charge in [0.25, 0.3) is 0 Å². The van der Waals surface area contributed by atoms with Crippen molar-refractivity contribution >= 4 is 12.0 Å². The molecular weight excluding hydrogens is 435 g/mol. The Bertz CT molecular complexity index is 1130. The van der Waals surface area contributed by atoms with Crippen molar-refractivity contribution in [2.24, 2.45) is 0 Å². The Balaban J connectivity index is 1.53. The third kappa shape index (κ3) is 6.42. The van der Waals surface area contributed by atoms with Gasteiger partial charge in [0.2, 0.25) is 5.91 Å². The maximum atomic E-state index is 13.5. The number of carbonyl (C=O) groups excluding carboxylic acids is 1. The molecule has 2 aromatic carbocycles. The molecule has 0 aliphatic carbocycles. The number of hydrogen-bond acceptors (Lipinski definition) is 5. The SMILES string of the molecule is COc1cc(CN(Cc2cccnc2)C(=O)C=Cc2cccc(F)c2)ccc1OC1CCOC1. The molecule has 1 aromatic heterocycles. The van der Waals surface area contributed by atoms with Crippen LogP contribution in [0.3, 0.4) is 0 Å². The molecule has 34 heavy (non-hydrogen) atoms. The summed E-state index contributed by atoms with van der Waals surface area (Å²) in [5.41, 5.74) is 2.42. The minimum Gasteiger partial charge on any atom is -0.493 e. The molecule has 7 heteroatoms. The van der Waals surface area contributed by atoms with E-state index in [0.29, 0.717) is 43.4 Å². The van der Waals surface area contributed by atoms with E-state index in [1.165, 1.54) is 18.2 Å². The molecule has 0 N–H and O–H groups in total. The van der Waals surface area contributed by atoms with Gasteiger partial charge in [-0.25, -0.2) is 4.39 Å². The summed E-state index contributed by atoms with van der Waals surface area (Å²) in [6, 6.07) is 15.5. The van der Waals surface area contributed by atoms with E-state index < -0.39 is 0 Å². The summed E-state index contributed by atoms with van der Waals surface area (Å²) in [6.45, 7) is 1.99. The van der Waals surface area contributed by atoms with Gasteiger partial charge in [0.1, 0.15) is 11.9 Å². The van der Waals surface area contributed by atoms with Gasteiger partial charge in [0.05, 0.1) is 20.3 Å². The van der Waals surface area contributed by atoms with Gasteiger partial charge in [-0.05, 0) is 53.1 Å². The number of halogens is 1. The Hall–Kier alpha value is -3.71. The van der Waals surface area contributed by atoms with Gasteiger partial charge in [-0.1, -0.05) is 24.3 Å². The second-order valence-corrected chi connectivity index (χ2v) is 8.03. The summed E-state index contributed by atoms with van der Waals surface area (Å²) in [5, 5.41) is 0. The zero-order valence-electron chi connectivity index (χ0n) is 19.0. The molecule has 0 spiro atoms. The lowest BCUT2D eigenvalue weighted by atomic mass is 10.1. The van der Waals surface area contributed by atoms with E-state index in [1.807, 2.05) is 30.3 Å². The Morgan fingerprint density at radius 3 is 2.76 bits per heavy atom. The van der Waals surface area contributed by atoms with Crippen LogP contribution in [0.5, 0.6) is 11.5 Å². The second kappa shape index (κ2) is 11.4. The van der Waals surface area contributed by atoms with E-state index in [9.17, 15) is 9.18 Å². The fraction of sp³-hybridized carbons (Fsp3) is 0.259. The number of aromatic nitrogens is 1. The van der Waals surface area contributed by atoms with Gasteiger partial charge in [-0.3, -0.25) is 9.78 Å². The first kappa shape index (κ1) is 23.4. The molecule has 176 valence electrons. The molecule has 0 saturated carbocycles. The van der Waals surface area contributed by atoms with Crippen LogP contribution in [0.4, 0.5) is 4.39 Å². The van der Waals surface area contributed by atoms with Crippen LogP contribution in [0.25, 0.3) is 6.08 Å². The molecular formula is C27H27FN2O4. The van der Waals surface area contributed by atoms with Gasteiger partial charge in [0, 0.05) is 38.0 Å². The van der Waals surface area contributed by atoms with E-state index in [1.54, 1.807) is 42.6 Å². The summed E-state index contributed by atoms with van der Waals surface area (Å²) >= 11 is 0. The van der Waals surface area contributed by atoms with Crippen LogP contribution in [0.2, 0.25) is 0 Å². The standard InChI is InChI=1S/C27H27FN2O4/c1-32-26-15-21(7-9-25(26)34-24-11-13-33-19-24)17-30(18-22-5-3-12-29-16-22)27(31)10-8-20-4-2-6-23(28)14-20/h2-10,12,14-16,24H,11,13,17-19H2,1H3. The van der Waals surface area contributed by atoms with Crippen LogP contribution >= 0.6 is 0 Å².